The molecule has 2 atom stereocenters. The van der Waals surface area contributed by atoms with Gasteiger partial charge in [-0.25, -0.2) is 9.78 Å². The van der Waals surface area contributed by atoms with Crippen molar-refractivity contribution < 1.29 is 14.6 Å². The molecule has 0 spiro atoms. The molecule has 1 saturated heterocycles. The van der Waals surface area contributed by atoms with E-state index in [1.165, 1.54) is 11.3 Å². The van der Waals surface area contributed by atoms with E-state index in [0.717, 1.165) is 29.1 Å². The Kier molecular flexibility index (Phi) is 5.88. The zero-order chi connectivity index (χ0) is 24.6. The van der Waals surface area contributed by atoms with Gasteiger partial charge in [-0.05, 0) is 42.5 Å². The van der Waals surface area contributed by atoms with Gasteiger partial charge in [-0.2, -0.15) is 4.98 Å². The van der Waals surface area contributed by atoms with Crippen LogP contribution in [0.15, 0.2) is 71.7 Å². The number of thiophene rings is 1. The summed E-state index contributed by atoms with van der Waals surface area (Å²) in [6.45, 7) is 1.52. The summed E-state index contributed by atoms with van der Waals surface area (Å²) in [5.74, 6) is 1.76. The van der Waals surface area contributed by atoms with E-state index in [9.17, 15) is 9.90 Å². The number of hydrogen-bond acceptors (Lipinski definition) is 8. The van der Waals surface area contributed by atoms with Crippen molar-refractivity contribution in [2.75, 3.05) is 20.2 Å². The van der Waals surface area contributed by atoms with Crippen LogP contribution < -0.4 is 20.3 Å². The SMILES string of the molecule is CO[C@H]1CNC[C@@H]1CC(O)=c1sc2nccc3c2c1nc(=O)n3-c1ccc(Oc2ccccc2)cc1. The predicted molar refractivity (Wildman–Crippen MR) is 140 cm³/mol. The maximum absolute atomic E-state index is 13.3. The topological polar surface area (TPSA) is 98.5 Å². The van der Waals surface area contributed by atoms with E-state index in [1.807, 2.05) is 60.7 Å². The molecular weight excluding hydrogens is 476 g/mol. The highest BCUT2D eigenvalue weighted by atomic mass is 32.1. The highest BCUT2D eigenvalue weighted by Gasteiger charge is 2.28. The van der Waals surface area contributed by atoms with Crippen molar-refractivity contribution >= 4 is 38.3 Å². The number of ether oxygens (including phenoxy) is 2. The van der Waals surface area contributed by atoms with Crippen LogP contribution in [0.3, 0.4) is 0 Å². The van der Waals surface area contributed by atoms with Crippen LogP contribution in [0.25, 0.3) is 32.7 Å². The Hall–Kier alpha value is -3.79. The first-order chi connectivity index (χ1) is 17.6. The molecule has 2 aromatic carbocycles. The zero-order valence-corrected chi connectivity index (χ0v) is 20.4. The fraction of sp³-hybridized carbons (Fsp3) is 0.222. The molecule has 1 fully saturated rings. The number of aliphatic hydroxyl groups is 1. The molecule has 0 unspecified atom stereocenters. The number of rotatable bonds is 6. The second-order valence-corrected chi connectivity index (χ2v) is 9.77. The fourth-order valence-corrected chi connectivity index (χ4v) is 5.85. The van der Waals surface area contributed by atoms with Gasteiger partial charge >= 0.3 is 5.69 Å². The van der Waals surface area contributed by atoms with Crippen molar-refractivity contribution in [1.29, 1.82) is 0 Å². The minimum Gasteiger partial charge on any atom is -0.511 e. The molecule has 0 bridgehead atoms. The van der Waals surface area contributed by atoms with Crippen molar-refractivity contribution in [2.45, 2.75) is 12.5 Å². The first-order valence-corrected chi connectivity index (χ1v) is 12.5. The van der Waals surface area contributed by atoms with Gasteiger partial charge in [0.25, 0.3) is 0 Å². The van der Waals surface area contributed by atoms with E-state index < -0.39 is 5.69 Å². The monoisotopic (exact) mass is 500 g/mol. The first kappa shape index (κ1) is 22.7. The molecule has 0 aliphatic carbocycles. The number of para-hydroxylation sites is 1. The highest BCUT2D eigenvalue weighted by Crippen LogP contribution is 2.29. The van der Waals surface area contributed by atoms with Gasteiger partial charge in [-0.1, -0.05) is 18.2 Å². The average Bonchev–Trinajstić information content (AvgIpc) is 3.50. The quantitative estimate of drug-likeness (QED) is 0.366. The summed E-state index contributed by atoms with van der Waals surface area (Å²) in [6.07, 6.45) is 2.16. The van der Waals surface area contributed by atoms with E-state index in [2.05, 4.69) is 15.3 Å². The molecule has 0 radical (unpaired) electrons. The summed E-state index contributed by atoms with van der Waals surface area (Å²) in [7, 11) is 1.68. The molecular formula is C27H24N4O4S. The van der Waals surface area contributed by atoms with Crippen LogP contribution >= 0.6 is 11.3 Å². The molecule has 8 nitrogen and oxygen atoms in total. The summed E-state index contributed by atoms with van der Waals surface area (Å²) in [5.41, 5.74) is 1.43. The number of aromatic nitrogens is 3. The third-order valence-corrected chi connectivity index (χ3v) is 7.69. The summed E-state index contributed by atoms with van der Waals surface area (Å²) < 4.78 is 13.6. The van der Waals surface area contributed by atoms with E-state index in [0.29, 0.717) is 33.4 Å². The number of nitrogens with zero attached hydrogens (tertiary/aromatic N) is 3. The Labute approximate surface area is 210 Å². The van der Waals surface area contributed by atoms with Crippen LogP contribution in [0, 0.1) is 5.92 Å². The van der Waals surface area contributed by atoms with Gasteiger partial charge in [-0.15, -0.1) is 11.3 Å². The van der Waals surface area contributed by atoms with E-state index >= 15 is 0 Å². The smallest absolute Gasteiger partial charge is 0.353 e. The summed E-state index contributed by atoms with van der Waals surface area (Å²) in [5, 5.41) is 15.1. The van der Waals surface area contributed by atoms with Crippen LogP contribution in [-0.2, 0) is 4.74 Å². The second kappa shape index (κ2) is 9.34. The van der Waals surface area contributed by atoms with E-state index in [-0.39, 0.29) is 17.8 Å². The van der Waals surface area contributed by atoms with E-state index in [1.54, 1.807) is 17.9 Å². The third-order valence-electron chi connectivity index (χ3n) is 6.56. The van der Waals surface area contributed by atoms with Crippen LogP contribution in [0.2, 0.25) is 0 Å². The third kappa shape index (κ3) is 4.01. The molecule has 3 aromatic heterocycles. The van der Waals surface area contributed by atoms with Gasteiger partial charge < -0.3 is 19.9 Å². The Morgan fingerprint density at radius 1 is 1.11 bits per heavy atom. The minimum absolute atomic E-state index is 0.0366. The van der Waals surface area contributed by atoms with Crippen LogP contribution in [0.1, 0.15) is 6.42 Å². The summed E-state index contributed by atoms with van der Waals surface area (Å²) in [4.78, 5) is 22.9. The number of methoxy groups -OCH3 is 1. The van der Waals surface area contributed by atoms with Gasteiger partial charge in [0.15, 0.2) is 0 Å². The molecule has 5 aromatic rings. The van der Waals surface area contributed by atoms with Gasteiger partial charge in [-0.3, -0.25) is 4.57 Å². The van der Waals surface area contributed by atoms with Crippen LogP contribution in [0.4, 0.5) is 0 Å². The van der Waals surface area contributed by atoms with Gasteiger partial charge in [0.2, 0.25) is 0 Å². The van der Waals surface area contributed by atoms with Gasteiger partial charge in [0, 0.05) is 38.7 Å². The maximum Gasteiger partial charge on any atom is 0.353 e. The Bertz CT molecular complexity index is 1650. The number of pyridine rings is 1. The standard InChI is InChI=1S/C27H24N4O4S/c1-34-22-15-28-14-16(22)13-21(32)25-24-23-20(11-12-29-26(23)36-25)31(27(33)30-24)17-7-9-19(10-8-17)35-18-5-3-2-4-6-18/h2-12,16,22,28,32H,13-15H2,1H3/t16-,22-/m0/s1. The van der Waals surface area contributed by atoms with Gasteiger partial charge in [0.1, 0.15) is 27.6 Å². The number of benzene rings is 2. The van der Waals surface area contributed by atoms with Crippen molar-refractivity contribution in [1.82, 2.24) is 19.9 Å². The second-order valence-electron chi connectivity index (χ2n) is 8.77. The molecule has 0 saturated carbocycles. The lowest BCUT2D eigenvalue weighted by molar-refractivity contribution is 0.0827. The molecule has 4 heterocycles. The van der Waals surface area contributed by atoms with Crippen LogP contribution in [0.5, 0.6) is 11.5 Å². The Balaban J connectivity index is 1.42. The Morgan fingerprint density at radius 3 is 2.67 bits per heavy atom. The molecule has 2 N–H and O–H groups in total. The Morgan fingerprint density at radius 2 is 1.89 bits per heavy atom. The normalized spacial score (nSPS) is 18.7. The highest BCUT2D eigenvalue weighted by molar-refractivity contribution is 7.17. The van der Waals surface area contributed by atoms with Crippen molar-refractivity contribution in [2.24, 2.45) is 5.92 Å². The number of aliphatic hydroxyl groups excluding tert-OH is 1. The number of hydrogen-bond donors (Lipinski definition) is 2. The maximum atomic E-state index is 13.3. The van der Waals surface area contributed by atoms with Crippen molar-refractivity contribution in [3.05, 3.63) is 81.9 Å². The fourth-order valence-electron chi connectivity index (χ4n) is 4.80. The minimum atomic E-state index is -0.420. The largest absolute Gasteiger partial charge is 0.511 e. The van der Waals surface area contributed by atoms with Gasteiger partial charge in [0.05, 0.1) is 27.2 Å². The average molecular weight is 501 g/mol. The van der Waals surface area contributed by atoms with Crippen LogP contribution in [-0.4, -0.2) is 45.9 Å². The van der Waals surface area contributed by atoms with E-state index in [4.69, 9.17) is 9.47 Å². The molecule has 36 heavy (non-hydrogen) atoms. The first-order valence-electron chi connectivity index (χ1n) is 11.7. The lowest BCUT2D eigenvalue weighted by Crippen LogP contribution is -2.24. The molecule has 6 rings (SSSR count). The summed E-state index contributed by atoms with van der Waals surface area (Å²) in [6, 6.07) is 18.6. The molecule has 1 aliphatic heterocycles. The zero-order valence-electron chi connectivity index (χ0n) is 19.5. The number of nitrogens with one attached hydrogen (secondary N) is 1. The summed E-state index contributed by atoms with van der Waals surface area (Å²) >= 11 is 1.35. The lowest BCUT2D eigenvalue weighted by atomic mass is 10.0. The van der Waals surface area contributed by atoms with Crippen molar-refractivity contribution in [3.63, 3.8) is 0 Å². The molecule has 0 amide bonds. The lowest BCUT2D eigenvalue weighted by Gasteiger charge is -2.16. The van der Waals surface area contributed by atoms with Crippen molar-refractivity contribution in [3.8, 4) is 17.2 Å². The molecule has 182 valence electrons. The molecule has 1 aliphatic rings. The predicted octanol–water partition coefficient (Wildman–Crippen LogP) is 3.80. The molecule has 9 heteroatoms.